The molecule has 0 bridgehead atoms. The van der Waals surface area contributed by atoms with E-state index in [2.05, 4.69) is 20.4 Å². The SMILES string of the molecule is O=C(NCc1ccc(F)cc1)c1nnc(CN2CCCC2Cc2cccc(F)c2)s1. The van der Waals surface area contributed by atoms with Gasteiger partial charge in [0.25, 0.3) is 5.91 Å². The van der Waals surface area contributed by atoms with Crippen molar-refractivity contribution < 1.29 is 13.6 Å². The summed E-state index contributed by atoms with van der Waals surface area (Å²) in [7, 11) is 0. The Labute approximate surface area is 177 Å². The van der Waals surface area contributed by atoms with Crippen LogP contribution in [-0.2, 0) is 19.5 Å². The molecule has 0 spiro atoms. The Morgan fingerprint density at radius 3 is 2.73 bits per heavy atom. The summed E-state index contributed by atoms with van der Waals surface area (Å²) in [6.07, 6.45) is 2.94. The summed E-state index contributed by atoms with van der Waals surface area (Å²) < 4.78 is 26.4. The maximum Gasteiger partial charge on any atom is 0.282 e. The van der Waals surface area contributed by atoms with E-state index in [9.17, 15) is 13.6 Å². The smallest absolute Gasteiger partial charge is 0.282 e. The monoisotopic (exact) mass is 428 g/mol. The number of hydrogen-bond acceptors (Lipinski definition) is 5. The number of nitrogens with one attached hydrogen (secondary N) is 1. The van der Waals surface area contributed by atoms with Gasteiger partial charge in [0.05, 0.1) is 6.54 Å². The highest BCUT2D eigenvalue weighted by Crippen LogP contribution is 2.24. The number of carbonyl (C=O) groups is 1. The molecule has 1 amide bonds. The van der Waals surface area contributed by atoms with E-state index in [1.54, 1.807) is 24.3 Å². The predicted molar refractivity (Wildman–Crippen MR) is 111 cm³/mol. The van der Waals surface area contributed by atoms with Gasteiger partial charge in [0.15, 0.2) is 0 Å². The molecule has 30 heavy (non-hydrogen) atoms. The molecule has 0 radical (unpaired) electrons. The normalized spacial score (nSPS) is 16.7. The van der Waals surface area contributed by atoms with Crippen molar-refractivity contribution in [2.24, 2.45) is 0 Å². The number of nitrogens with zero attached hydrogens (tertiary/aromatic N) is 3. The molecule has 2 heterocycles. The molecule has 1 N–H and O–H groups in total. The zero-order valence-electron chi connectivity index (χ0n) is 16.4. The lowest BCUT2D eigenvalue weighted by atomic mass is 10.0. The van der Waals surface area contributed by atoms with Crippen LogP contribution in [0.5, 0.6) is 0 Å². The van der Waals surface area contributed by atoms with Crippen molar-refractivity contribution in [1.29, 1.82) is 0 Å². The zero-order valence-corrected chi connectivity index (χ0v) is 17.2. The molecule has 1 aliphatic rings. The average Bonchev–Trinajstić information content (AvgIpc) is 3.38. The van der Waals surface area contributed by atoms with Crippen LogP contribution in [0.2, 0.25) is 0 Å². The first-order valence-electron chi connectivity index (χ1n) is 9.90. The Morgan fingerprint density at radius 2 is 1.93 bits per heavy atom. The summed E-state index contributed by atoms with van der Waals surface area (Å²) in [5.41, 5.74) is 1.80. The van der Waals surface area contributed by atoms with Gasteiger partial charge >= 0.3 is 0 Å². The van der Waals surface area contributed by atoms with Crippen LogP contribution in [0.25, 0.3) is 0 Å². The summed E-state index contributed by atoms with van der Waals surface area (Å²) >= 11 is 1.28. The van der Waals surface area contributed by atoms with Crippen molar-refractivity contribution in [2.45, 2.75) is 38.4 Å². The summed E-state index contributed by atoms with van der Waals surface area (Å²) in [5, 5.41) is 12.1. The van der Waals surface area contributed by atoms with E-state index >= 15 is 0 Å². The fraction of sp³-hybridized carbons (Fsp3) is 0.318. The Morgan fingerprint density at radius 1 is 1.10 bits per heavy atom. The van der Waals surface area contributed by atoms with Crippen LogP contribution in [-0.4, -0.2) is 33.6 Å². The Hall–Kier alpha value is -2.71. The first-order valence-corrected chi connectivity index (χ1v) is 10.7. The first-order chi connectivity index (χ1) is 14.6. The van der Waals surface area contributed by atoms with Gasteiger partial charge in [-0.25, -0.2) is 8.78 Å². The van der Waals surface area contributed by atoms with Gasteiger partial charge in [0.2, 0.25) is 5.01 Å². The molecule has 1 fully saturated rings. The van der Waals surface area contributed by atoms with Crippen molar-refractivity contribution >= 4 is 17.2 Å². The maximum absolute atomic E-state index is 13.5. The van der Waals surface area contributed by atoms with E-state index in [1.807, 2.05) is 6.07 Å². The van der Waals surface area contributed by atoms with Crippen molar-refractivity contribution in [1.82, 2.24) is 20.4 Å². The topological polar surface area (TPSA) is 58.1 Å². The quantitative estimate of drug-likeness (QED) is 0.619. The molecule has 1 aliphatic heterocycles. The molecular weight excluding hydrogens is 406 g/mol. The minimum atomic E-state index is -0.309. The first kappa shape index (κ1) is 20.6. The predicted octanol–water partition coefficient (Wildman–Crippen LogP) is 3.95. The van der Waals surface area contributed by atoms with Crippen LogP contribution in [0, 0.1) is 11.6 Å². The second-order valence-electron chi connectivity index (χ2n) is 7.41. The Kier molecular flexibility index (Phi) is 6.44. The number of benzene rings is 2. The largest absolute Gasteiger partial charge is 0.346 e. The van der Waals surface area contributed by atoms with Gasteiger partial charge in [0.1, 0.15) is 16.6 Å². The molecule has 1 saturated heterocycles. The number of aromatic nitrogens is 2. The molecule has 1 atom stereocenters. The van der Waals surface area contributed by atoms with E-state index in [0.717, 1.165) is 41.9 Å². The fourth-order valence-electron chi connectivity index (χ4n) is 3.71. The van der Waals surface area contributed by atoms with E-state index < -0.39 is 0 Å². The molecule has 0 saturated carbocycles. The van der Waals surface area contributed by atoms with Crippen molar-refractivity contribution in [3.05, 3.63) is 81.3 Å². The van der Waals surface area contributed by atoms with Gasteiger partial charge in [0, 0.05) is 12.6 Å². The third kappa shape index (κ3) is 5.25. The van der Waals surface area contributed by atoms with Crippen LogP contribution < -0.4 is 5.32 Å². The molecule has 1 aromatic heterocycles. The summed E-state index contributed by atoms with van der Waals surface area (Å²) in [5.74, 6) is -0.810. The Bertz CT molecular complexity index is 1010. The maximum atomic E-state index is 13.5. The van der Waals surface area contributed by atoms with Gasteiger partial charge in [-0.2, -0.15) is 0 Å². The van der Waals surface area contributed by atoms with Crippen molar-refractivity contribution in [2.75, 3.05) is 6.54 Å². The number of carbonyl (C=O) groups excluding carboxylic acids is 1. The molecule has 2 aromatic carbocycles. The minimum Gasteiger partial charge on any atom is -0.346 e. The number of hydrogen-bond donors (Lipinski definition) is 1. The molecule has 3 aromatic rings. The van der Waals surface area contributed by atoms with Crippen LogP contribution in [0.4, 0.5) is 8.78 Å². The lowest BCUT2D eigenvalue weighted by Gasteiger charge is -2.23. The highest BCUT2D eigenvalue weighted by atomic mass is 32.1. The summed E-state index contributed by atoms with van der Waals surface area (Å²) in [6.45, 7) is 1.88. The fourth-order valence-corrected chi connectivity index (χ4v) is 4.50. The second kappa shape index (κ2) is 9.40. The zero-order chi connectivity index (χ0) is 20.9. The molecular formula is C22H22F2N4OS. The van der Waals surface area contributed by atoms with Crippen LogP contribution in [0.3, 0.4) is 0 Å². The minimum absolute atomic E-state index is 0.211. The van der Waals surface area contributed by atoms with E-state index in [4.69, 9.17) is 0 Å². The summed E-state index contributed by atoms with van der Waals surface area (Å²) in [4.78, 5) is 14.7. The van der Waals surface area contributed by atoms with Crippen LogP contribution >= 0.6 is 11.3 Å². The highest BCUT2D eigenvalue weighted by molar-refractivity contribution is 7.13. The molecule has 0 aliphatic carbocycles. The summed E-state index contributed by atoms with van der Waals surface area (Å²) in [6, 6.07) is 13.1. The number of rotatable bonds is 7. The van der Waals surface area contributed by atoms with Gasteiger partial charge in [-0.3, -0.25) is 9.69 Å². The van der Waals surface area contributed by atoms with Crippen LogP contribution in [0.15, 0.2) is 48.5 Å². The molecule has 4 rings (SSSR count). The van der Waals surface area contributed by atoms with E-state index in [0.29, 0.717) is 24.1 Å². The van der Waals surface area contributed by atoms with Crippen molar-refractivity contribution in [3.63, 3.8) is 0 Å². The lowest BCUT2D eigenvalue weighted by Crippen LogP contribution is -2.30. The molecule has 8 heteroatoms. The van der Waals surface area contributed by atoms with Crippen molar-refractivity contribution in [3.8, 4) is 0 Å². The number of likely N-dealkylation sites (tertiary alicyclic amines) is 1. The standard InChI is InChI=1S/C22H22F2N4OS/c23-17-8-6-15(7-9-17)13-25-21(29)22-27-26-20(30-22)14-28-10-2-5-19(28)12-16-3-1-4-18(24)11-16/h1,3-4,6-9,11,19H,2,5,10,12-14H2,(H,25,29). The van der Waals surface area contributed by atoms with E-state index in [-0.39, 0.29) is 17.5 Å². The second-order valence-corrected chi connectivity index (χ2v) is 8.47. The van der Waals surface area contributed by atoms with Gasteiger partial charge in [-0.1, -0.05) is 35.6 Å². The third-order valence-corrected chi connectivity index (χ3v) is 6.13. The lowest BCUT2D eigenvalue weighted by molar-refractivity contribution is 0.0950. The highest BCUT2D eigenvalue weighted by Gasteiger charge is 2.26. The van der Waals surface area contributed by atoms with Crippen LogP contribution in [0.1, 0.15) is 38.8 Å². The molecule has 1 unspecified atom stereocenters. The molecule has 5 nitrogen and oxygen atoms in total. The van der Waals surface area contributed by atoms with Gasteiger partial charge in [-0.05, 0) is 61.2 Å². The molecule has 156 valence electrons. The number of halogens is 2. The Balaban J connectivity index is 1.33. The van der Waals surface area contributed by atoms with Gasteiger partial charge in [-0.15, -0.1) is 10.2 Å². The number of amides is 1. The average molecular weight is 429 g/mol. The van der Waals surface area contributed by atoms with E-state index in [1.165, 1.54) is 29.5 Å². The third-order valence-electron chi connectivity index (χ3n) is 5.23. The van der Waals surface area contributed by atoms with Gasteiger partial charge < -0.3 is 5.32 Å².